The van der Waals surface area contributed by atoms with Crippen LogP contribution in [0.15, 0.2) is 48.5 Å². The zero-order chi connectivity index (χ0) is 17.6. The van der Waals surface area contributed by atoms with Gasteiger partial charge in [0.25, 0.3) is 0 Å². The van der Waals surface area contributed by atoms with Gasteiger partial charge in [-0.15, -0.1) is 10.2 Å². The Morgan fingerprint density at radius 3 is 2.84 bits per heavy atom. The quantitative estimate of drug-likeness (QED) is 0.718. The van der Waals surface area contributed by atoms with Gasteiger partial charge < -0.3 is 10.1 Å². The number of nitrogens with one attached hydrogen (secondary N) is 2. The maximum Gasteiger partial charge on any atom is 0.235 e. The summed E-state index contributed by atoms with van der Waals surface area (Å²) in [5.41, 5.74) is 0.962. The van der Waals surface area contributed by atoms with Crippen molar-refractivity contribution in [1.82, 2.24) is 20.6 Å². The number of tetrazole rings is 1. The molecule has 3 aromatic rings. The number of carbonyl (C=O) groups excluding carboxylic acids is 1. The minimum absolute atomic E-state index is 0.103. The van der Waals surface area contributed by atoms with Crippen LogP contribution in [0.2, 0.25) is 0 Å². The van der Waals surface area contributed by atoms with Gasteiger partial charge >= 0.3 is 0 Å². The fourth-order valence-electron chi connectivity index (χ4n) is 2.44. The van der Waals surface area contributed by atoms with Crippen molar-refractivity contribution in [3.63, 3.8) is 0 Å². The summed E-state index contributed by atoms with van der Waals surface area (Å²) in [5.74, 6) is -0.751. The number of amides is 1. The van der Waals surface area contributed by atoms with E-state index >= 15 is 0 Å². The van der Waals surface area contributed by atoms with Crippen molar-refractivity contribution in [2.45, 2.75) is 12.3 Å². The van der Waals surface area contributed by atoms with Crippen LogP contribution in [0.5, 0.6) is 5.75 Å². The van der Waals surface area contributed by atoms with Gasteiger partial charge in [0, 0.05) is 0 Å². The highest BCUT2D eigenvalue weighted by Gasteiger charge is 2.26. The van der Waals surface area contributed by atoms with E-state index in [1.165, 1.54) is 12.1 Å². The summed E-state index contributed by atoms with van der Waals surface area (Å²) in [6.07, 6.45) is 0.316. The zero-order valence-corrected chi connectivity index (χ0v) is 13.4. The molecule has 1 aromatic heterocycles. The van der Waals surface area contributed by atoms with E-state index in [1.807, 2.05) is 24.3 Å². The van der Waals surface area contributed by atoms with Crippen LogP contribution in [0, 0.1) is 5.82 Å². The Hall–Kier alpha value is -3.29. The molecule has 0 saturated heterocycles. The Morgan fingerprint density at radius 2 is 2.12 bits per heavy atom. The second-order valence-electron chi connectivity index (χ2n) is 5.35. The first-order valence-corrected chi connectivity index (χ1v) is 7.59. The number of methoxy groups -OCH3 is 1. The monoisotopic (exact) mass is 341 g/mol. The van der Waals surface area contributed by atoms with Gasteiger partial charge in [0.05, 0.1) is 12.8 Å². The molecule has 1 atom stereocenters. The van der Waals surface area contributed by atoms with Crippen LogP contribution in [-0.4, -0.2) is 33.6 Å². The Labute approximate surface area is 143 Å². The first-order valence-electron chi connectivity index (χ1n) is 7.59. The normalized spacial score (nSPS) is 11.8. The molecule has 2 aromatic carbocycles. The van der Waals surface area contributed by atoms with Crippen LogP contribution >= 0.6 is 0 Å². The molecule has 0 saturated carbocycles. The van der Waals surface area contributed by atoms with Crippen LogP contribution in [0.1, 0.15) is 17.3 Å². The topological polar surface area (TPSA) is 92.8 Å². The molecule has 0 spiro atoms. The fraction of sp³-hybridized carbons (Fsp3) is 0.176. The molecule has 0 bridgehead atoms. The Morgan fingerprint density at radius 1 is 1.28 bits per heavy atom. The number of nitrogens with zero attached hydrogens (tertiary/aromatic N) is 3. The van der Waals surface area contributed by atoms with E-state index in [-0.39, 0.29) is 11.5 Å². The van der Waals surface area contributed by atoms with Gasteiger partial charge in [0.15, 0.2) is 5.82 Å². The summed E-state index contributed by atoms with van der Waals surface area (Å²) in [7, 11) is 1.57. The number of hydrogen-bond acceptors (Lipinski definition) is 5. The van der Waals surface area contributed by atoms with Crippen LogP contribution in [0.4, 0.5) is 10.1 Å². The number of ether oxygens (including phenoxy) is 1. The number of aromatic amines is 1. The molecule has 3 rings (SSSR count). The number of anilines is 1. The van der Waals surface area contributed by atoms with Crippen LogP contribution < -0.4 is 10.1 Å². The summed E-state index contributed by atoms with van der Waals surface area (Å²) in [6.45, 7) is 0. The number of aromatic nitrogens is 4. The molecule has 0 aliphatic rings. The molecule has 1 heterocycles. The number of benzene rings is 2. The molecule has 1 unspecified atom stereocenters. The number of rotatable bonds is 6. The summed E-state index contributed by atoms with van der Waals surface area (Å²) < 4.78 is 19.0. The lowest BCUT2D eigenvalue weighted by molar-refractivity contribution is -0.117. The van der Waals surface area contributed by atoms with Crippen molar-refractivity contribution in [2.24, 2.45) is 0 Å². The summed E-state index contributed by atoms with van der Waals surface area (Å²) >= 11 is 0. The summed E-state index contributed by atoms with van der Waals surface area (Å²) in [4.78, 5) is 12.7. The maximum absolute atomic E-state index is 13.8. The van der Waals surface area contributed by atoms with Gasteiger partial charge in [-0.1, -0.05) is 29.5 Å². The molecule has 7 nitrogen and oxygen atoms in total. The molecule has 25 heavy (non-hydrogen) atoms. The van der Waals surface area contributed by atoms with Crippen LogP contribution in [-0.2, 0) is 11.2 Å². The van der Waals surface area contributed by atoms with E-state index in [4.69, 9.17) is 4.74 Å². The molecule has 0 aliphatic carbocycles. The lowest BCUT2D eigenvalue weighted by atomic mass is 9.97. The third-order valence-corrected chi connectivity index (χ3v) is 3.70. The predicted octanol–water partition coefficient (Wildman–Crippen LogP) is 2.31. The number of hydrogen-bond donors (Lipinski definition) is 2. The zero-order valence-electron chi connectivity index (χ0n) is 13.4. The van der Waals surface area contributed by atoms with Crippen LogP contribution in [0.3, 0.4) is 0 Å². The molecule has 0 aliphatic heterocycles. The lowest BCUT2D eigenvalue weighted by Crippen LogP contribution is -2.24. The molecule has 0 radical (unpaired) electrons. The average Bonchev–Trinajstić information content (AvgIpc) is 3.16. The lowest BCUT2D eigenvalue weighted by Gasteiger charge is -2.14. The van der Waals surface area contributed by atoms with E-state index in [0.29, 0.717) is 12.2 Å². The Balaban J connectivity index is 1.85. The van der Waals surface area contributed by atoms with Crippen molar-refractivity contribution in [3.8, 4) is 5.75 Å². The molecule has 0 fully saturated rings. The second-order valence-corrected chi connectivity index (χ2v) is 5.35. The second kappa shape index (κ2) is 7.52. The van der Waals surface area contributed by atoms with Gasteiger partial charge in [-0.25, -0.2) is 4.39 Å². The first-order chi connectivity index (χ1) is 12.2. The van der Waals surface area contributed by atoms with Gasteiger partial charge in [-0.05, 0) is 36.2 Å². The molecule has 2 N–H and O–H groups in total. The van der Waals surface area contributed by atoms with E-state index in [1.54, 1.807) is 19.2 Å². The maximum atomic E-state index is 13.8. The first kappa shape index (κ1) is 16.6. The van der Waals surface area contributed by atoms with Crippen molar-refractivity contribution >= 4 is 11.6 Å². The average molecular weight is 341 g/mol. The minimum atomic E-state index is -0.731. The van der Waals surface area contributed by atoms with Gasteiger partial charge in [-0.2, -0.15) is 5.21 Å². The van der Waals surface area contributed by atoms with E-state index in [0.717, 1.165) is 5.56 Å². The Bertz CT molecular complexity index is 854. The predicted molar refractivity (Wildman–Crippen MR) is 88.6 cm³/mol. The van der Waals surface area contributed by atoms with Gasteiger partial charge in [-0.3, -0.25) is 4.79 Å². The van der Waals surface area contributed by atoms with Crippen LogP contribution in [0.25, 0.3) is 0 Å². The van der Waals surface area contributed by atoms with Crippen molar-refractivity contribution in [1.29, 1.82) is 0 Å². The summed E-state index contributed by atoms with van der Waals surface area (Å²) in [6, 6.07) is 13.3. The van der Waals surface area contributed by atoms with Gasteiger partial charge in [0.1, 0.15) is 17.5 Å². The van der Waals surface area contributed by atoms with E-state index in [2.05, 4.69) is 25.9 Å². The minimum Gasteiger partial charge on any atom is -0.497 e. The highest BCUT2D eigenvalue weighted by atomic mass is 19.1. The third-order valence-electron chi connectivity index (χ3n) is 3.70. The van der Waals surface area contributed by atoms with Gasteiger partial charge in [0.2, 0.25) is 5.91 Å². The molecule has 1 amide bonds. The van der Waals surface area contributed by atoms with Crippen molar-refractivity contribution < 1.29 is 13.9 Å². The highest BCUT2D eigenvalue weighted by Crippen LogP contribution is 2.23. The smallest absolute Gasteiger partial charge is 0.235 e. The fourth-order valence-corrected chi connectivity index (χ4v) is 2.44. The van der Waals surface area contributed by atoms with E-state index in [9.17, 15) is 9.18 Å². The largest absolute Gasteiger partial charge is 0.497 e. The van der Waals surface area contributed by atoms with E-state index < -0.39 is 17.6 Å². The summed E-state index contributed by atoms with van der Waals surface area (Å²) in [5, 5.41) is 16.2. The number of halogens is 1. The highest BCUT2D eigenvalue weighted by molar-refractivity contribution is 5.95. The number of carbonyl (C=O) groups is 1. The molecule has 128 valence electrons. The third kappa shape index (κ3) is 3.97. The molecular weight excluding hydrogens is 325 g/mol. The molecule has 8 heteroatoms. The van der Waals surface area contributed by atoms with Crippen molar-refractivity contribution in [2.75, 3.05) is 12.4 Å². The number of para-hydroxylation sites is 1. The SMILES string of the molecule is COc1cccc(CC(C(=O)Nc2ccccc2F)c2nn[nH]n2)c1. The molecular formula is C17H16FN5O2. The van der Waals surface area contributed by atoms with Crippen molar-refractivity contribution in [3.05, 3.63) is 65.7 Å². The number of H-pyrrole nitrogens is 1. The Kier molecular flexibility index (Phi) is 4.98. The standard InChI is InChI=1S/C17H16FN5O2/c1-25-12-6-4-5-11(9-12)10-13(16-20-22-23-21-16)17(24)19-15-8-3-2-7-14(15)18/h2-9,13H,10H2,1H3,(H,19,24)(H,20,21,22,23).